The fraction of sp³-hybridized carbons (Fsp3) is 0.450. The van der Waals surface area contributed by atoms with Crippen molar-refractivity contribution in [3.8, 4) is 11.6 Å². The first-order valence-corrected chi connectivity index (χ1v) is 9.56. The predicted molar refractivity (Wildman–Crippen MR) is 106 cm³/mol. The van der Waals surface area contributed by atoms with Crippen molar-refractivity contribution in [3.63, 3.8) is 0 Å². The highest BCUT2D eigenvalue weighted by molar-refractivity contribution is 5.73. The molecule has 0 saturated carbocycles. The van der Waals surface area contributed by atoms with Gasteiger partial charge in [-0.2, -0.15) is 4.98 Å². The number of hydrogen-bond donors (Lipinski definition) is 0. The van der Waals surface area contributed by atoms with Gasteiger partial charge < -0.3 is 14.4 Å². The largest absolute Gasteiger partial charge is 0.466 e. The molecule has 29 heavy (non-hydrogen) atoms. The SMILES string of the molecule is CCOC(=O)C1CCN(c2ncnc(Oc3cc(C)cc(C)c3)c2[N+](=O)[O-])CC1. The van der Waals surface area contributed by atoms with Gasteiger partial charge >= 0.3 is 17.5 Å². The Hall–Kier alpha value is -3.23. The molecule has 1 aromatic carbocycles. The third-order valence-electron chi connectivity index (χ3n) is 4.78. The maximum Gasteiger partial charge on any atom is 0.373 e. The number of benzene rings is 1. The number of anilines is 1. The summed E-state index contributed by atoms with van der Waals surface area (Å²) in [6, 6.07) is 5.58. The lowest BCUT2D eigenvalue weighted by molar-refractivity contribution is -0.385. The lowest BCUT2D eigenvalue weighted by atomic mass is 9.97. The van der Waals surface area contributed by atoms with Gasteiger partial charge in [0.1, 0.15) is 12.1 Å². The number of rotatable bonds is 6. The summed E-state index contributed by atoms with van der Waals surface area (Å²) in [7, 11) is 0. The van der Waals surface area contributed by atoms with Gasteiger partial charge in [0.25, 0.3) is 0 Å². The summed E-state index contributed by atoms with van der Waals surface area (Å²) in [5.74, 6) is 0.168. The van der Waals surface area contributed by atoms with Crippen LogP contribution in [0.15, 0.2) is 24.5 Å². The van der Waals surface area contributed by atoms with Crippen LogP contribution in [0.2, 0.25) is 0 Å². The van der Waals surface area contributed by atoms with Gasteiger partial charge in [0.2, 0.25) is 5.82 Å². The molecule has 1 aromatic heterocycles. The summed E-state index contributed by atoms with van der Waals surface area (Å²) in [4.78, 5) is 33.2. The Morgan fingerprint density at radius 2 is 1.86 bits per heavy atom. The Bertz CT molecular complexity index is 889. The predicted octanol–water partition coefficient (Wildman–Crippen LogP) is 3.57. The molecule has 0 radical (unpaired) electrons. The van der Waals surface area contributed by atoms with Crippen molar-refractivity contribution in [2.75, 3.05) is 24.6 Å². The minimum atomic E-state index is -0.523. The van der Waals surface area contributed by atoms with Crippen molar-refractivity contribution in [1.82, 2.24) is 9.97 Å². The number of esters is 1. The van der Waals surface area contributed by atoms with Gasteiger partial charge in [-0.3, -0.25) is 14.9 Å². The molecule has 0 amide bonds. The zero-order valence-electron chi connectivity index (χ0n) is 16.8. The number of ether oxygens (including phenoxy) is 2. The van der Waals surface area contributed by atoms with E-state index in [0.717, 1.165) is 11.1 Å². The Morgan fingerprint density at radius 1 is 1.21 bits per heavy atom. The van der Waals surface area contributed by atoms with Crippen LogP contribution in [0.4, 0.5) is 11.5 Å². The van der Waals surface area contributed by atoms with Crippen LogP contribution in [0.1, 0.15) is 30.9 Å². The van der Waals surface area contributed by atoms with E-state index in [4.69, 9.17) is 9.47 Å². The number of carbonyl (C=O) groups is 1. The van der Waals surface area contributed by atoms with Gasteiger partial charge in [-0.1, -0.05) is 6.07 Å². The van der Waals surface area contributed by atoms with Crippen molar-refractivity contribution in [2.45, 2.75) is 33.6 Å². The van der Waals surface area contributed by atoms with Gasteiger partial charge in [-0.05, 0) is 56.9 Å². The first kappa shape index (κ1) is 20.5. The summed E-state index contributed by atoms with van der Waals surface area (Å²) < 4.78 is 10.8. The zero-order chi connectivity index (χ0) is 21.0. The van der Waals surface area contributed by atoms with Crippen LogP contribution < -0.4 is 9.64 Å². The second-order valence-electron chi connectivity index (χ2n) is 7.05. The molecule has 0 aliphatic carbocycles. The number of aromatic nitrogens is 2. The second kappa shape index (κ2) is 8.85. The number of nitro groups is 1. The number of carbonyl (C=O) groups excluding carboxylic acids is 1. The van der Waals surface area contributed by atoms with E-state index in [-0.39, 0.29) is 29.3 Å². The summed E-state index contributed by atoms with van der Waals surface area (Å²) in [5, 5.41) is 11.8. The molecule has 0 N–H and O–H groups in total. The molecule has 1 aliphatic rings. The summed E-state index contributed by atoms with van der Waals surface area (Å²) in [5.41, 5.74) is 1.69. The Balaban J connectivity index is 1.84. The first-order chi connectivity index (χ1) is 13.9. The molecule has 1 saturated heterocycles. The molecule has 2 aromatic rings. The Kier molecular flexibility index (Phi) is 6.26. The third-order valence-corrected chi connectivity index (χ3v) is 4.78. The van der Waals surface area contributed by atoms with Crippen LogP contribution in [0.25, 0.3) is 0 Å². The van der Waals surface area contributed by atoms with E-state index >= 15 is 0 Å². The molecular formula is C20H24N4O5. The van der Waals surface area contributed by atoms with Crippen LogP contribution in [-0.2, 0) is 9.53 Å². The fourth-order valence-electron chi connectivity index (χ4n) is 3.51. The average molecular weight is 400 g/mol. The van der Waals surface area contributed by atoms with E-state index in [1.807, 2.05) is 19.9 Å². The topological polar surface area (TPSA) is 108 Å². The van der Waals surface area contributed by atoms with Gasteiger partial charge in [-0.15, -0.1) is 0 Å². The molecular weight excluding hydrogens is 376 g/mol. The van der Waals surface area contributed by atoms with E-state index in [2.05, 4.69) is 9.97 Å². The minimum Gasteiger partial charge on any atom is -0.466 e. The molecule has 1 fully saturated rings. The quantitative estimate of drug-likeness (QED) is 0.411. The molecule has 2 heterocycles. The normalized spacial score (nSPS) is 14.5. The average Bonchev–Trinajstić information content (AvgIpc) is 2.67. The number of nitrogens with zero attached hydrogens (tertiary/aromatic N) is 4. The Labute approximate surface area is 168 Å². The smallest absolute Gasteiger partial charge is 0.373 e. The second-order valence-corrected chi connectivity index (χ2v) is 7.05. The van der Waals surface area contributed by atoms with E-state index in [0.29, 0.717) is 38.3 Å². The summed E-state index contributed by atoms with van der Waals surface area (Å²) in [6.07, 6.45) is 2.36. The highest BCUT2D eigenvalue weighted by atomic mass is 16.6. The van der Waals surface area contributed by atoms with Crippen LogP contribution in [0.3, 0.4) is 0 Å². The lowest BCUT2D eigenvalue weighted by Gasteiger charge is -2.31. The first-order valence-electron chi connectivity index (χ1n) is 9.56. The van der Waals surface area contributed by atoms with Gasteiger partial charge in [-0.25, -0.2) is 4.98 Å². The number of aryl methyl sites for hydroxylation is 2. The molecule has 154 valence electrons. The van der Waals surface area contributed by atoms with Crippen molar-refractivity contribution in [3.05, 3.63) is 45.8 Å². The molecule has 3 rings (SSSR count). The van der Waals surface area contributed by atoms with E-state index in [9.17, 15) is 14.9 Å². The third kappa shape index (κ3) is 4.79. The van der Waals surface area contributed by atoms with Crippen molar-refractivity contribution in [2.24, 2.45) is 5.92 Å². The van der Waals surface area contributed by atoms with Gasteiger partial charge in [0, 0.05) is 13.1 Å². The monoisotopic (exact) mass is 400 g/mol. The molecule has 9 nitrogen and oxygen atoms in total. The molecule has 0 bridgehead atoms. The number of piperidine rings is 1. The van der Waals surface area contributed by atoms with Gasteiger partial charge in [0.05, 0.1) is 17.4 Å². The Morgan fingerprint density at radius 3 is 2.45 bits per heavy atom. The lowest BCUT2D eigenvalue weighted by Crippen LogP contribution is -2.37. The molecule has 0 atom stereocenters. The maximum atomic E-state index is 11.9. The van der Waals surface area contributed by atoms with Crippen LogP contribution in [-0.4, -0.2) is 40.6 Å². The van der Waals surface area contributed by atoms with E-state index in [1.54, 1.807) is 24.0 Å². The molecule has 0 unspecified atom stereocenters. The number of hydrogen-bond acceptors (Lipinski definition) is 8. The molecule has 1 aliphatic heterocycles. The standard InChI is InChI=1S/C20H24N4O5/c1-4-28-20(25)15-5-7-23(8-6-15)18-17(24(26)27)19(22-12-21-18)29-16-10-13(2)9-14(3)11-16/h9-12,15H,4-8H2,1-3H3. The summed E-state index contributed by atoms with van der Waals surface area (Å²) >= 11 is 0. The molecule has 0 spiro atoms. The summed E-state index contributed by atoms with van der Waals surface area (Å²) in [6.45, 7) is 6.89. The van der Waals surface area contributed by atoms with E-state index in [1.165, 1.54) is 6.33 Å². The fourth-order valence-corrected chi connectivity index (χ4v) is 3.51. The van der Waals surface area contributed by atoms with Crippen molar-refractivity contribution >= 4 is 17.5 Å². The minimum absolute atomic E-state index is 0.0995. The van der Waals surface area contributed by atoms with Crippen molar-refractivity contribution in [1.29, 1.82) is 0 Å². The highest BCUT2D eigenvalue weighted by Gasteiger charge is 2.33. The van der Waals surface area contributed by atoms with Crippen LogP contribution in [0, 0.1) is 29.9 Å². The van der Waals surface area contributed by atoms with Crippen molar-refractivity contribution < 1.29 is 19.2 Å². The van der Waals surface area contributed by atoms with E-state index < -0.39 is 4.92 Å². The van der Waals surface area contributed by atoms with Crippen LogP contribution in [0.5, 0.6) is 11.6 Å². The maximum absolute atomic E-state index is 11.9. The van der Waals surface area contributed by atoms with Gasteiger partial charge in [0.15, 0.2) is 0 Å². The zero-order valence-corrected chi connectivity index (χ0v) is 16.8. The molecule has 9 heteroatoms. The van der Waals surface area contributed by atoms with Crippen LogP contribution >= 0.6 is 0 Å². The highest BCUT2D eigenvalue weighted by Crippen LogP contribution is 2.37.